The van der Waals surface area contributed by atoms with Crippen LogP contribution in [-0.2, 0) is 11.3 Å². The number of benzene rings is 2. The van der Waals surface area contributed by atoms with Crippen LogP contribution in [-0.4, -0.2) is 18.8 Å². The summed E-state index contributed by atoms with van der Waals surface area (Å²) in [5.74, 6) is 1.77. The SMILES string of the molecule is C[C@H](Oc1cccc(Cl)c1)C(=O)NCc1ccc2c(c1)OCO2. The summed E-state index contributed by atoms with van der Waals surface area (Å²) in [5.41, 5.74) is 0.928. The molecule has 2 aromatic carbocycles. The standard InChI is InChI=1S/C17H16ClNO4/c1-11(23-14-4-2-3-13(18)8-14)17(20)19-9-12-5-6-15-16(7-12)22-10-21-15/h2-8,11H,9-10H2,1H3,(H,19,20)/t11-/m0/s1. The van der Waals surface area contributed by atoms with Crippen molar-refractivity contribution in [2.75, 3.05) is 6.79 Å². The fourth-order valence-electron chi connectivity index (χ4n) is 2.18. The van der Waals surface area contributed by atoms with Gasteiger partial charge in [0.1, 0.15) is 5.75 Å². The van der Waals surface area contributed by atoms with E-state index in [9.17, 15) is 4.79 Å². The zero-order valence-corrected chi connectivity index (χ0v) is 13.3. The van der Waals surface area contributed by atoms with Gasteiger partial charge in [-0.25, -0.2) is 0 Å². The Morgan fingerprint density at radius 2 is 2.09 bits per heavy atom. The maximum atomic E-state index is 12.1. The quantitative estimate of drug-likeness (QED) is 0.913. The Labute approximate surface area is 139 Å². The van der Waals surface area contributed by atoms with Gasteiger partial charge in [-0.15, -0.1) is 0 Å². The van der Waals surface area contributed by atoms with Gasteiger partial charge in [0.05, 0.1) is 0 Å². The number of fused-ring (bicyclic) bond motifs is 1. The number of amides is 1. The molecule has 1 aliphatic rings. The number of hydrogen-bond donors (Lipinski definition) is 1. The molecule has 1 aliphatic heterocycles. The summed E-state index contributed by atoms with van der Waals surface area (Å²) < 4.78 is 16.1. The topological polar surface area (TPSA) is 56.8 Å². The Bertz CT molecular complexity index is 719. The Balaban J connectivity index is 1.54. The lowest BCUT2D eigenvalue weighted by Gasteiger charge is -2.15. The molecule has 1 amide bonds. The first-order valence-electron chi connectivity index (χ1n) is 7.20. The lowest BCUT2D eigenvalue weighted by Crippen LogP contribution is -2.35. The van der Waals surface area contributed by atoms with E-state index in [0.29, 0.717) is 23.1 Å². The molecule has 5 nitrogen and oxygen atoms in total. The first-order chi connectivity index (χ1) is 11.1. The highest BCUT2D eigenvalue weighted by Crippen LogP contribution is 2.32. The molecule has 1 atom stereocenters. The van der Waals surface area contributed by atoms with Gasteiger partial charge in [0, 0.05) is 11.6 Å². The molecule has 0 bridgehead atoms. The molecule has 0 unspecified atom stereocenters. The van der Waals surface area contributed by atoms with Crippen molar-refractivity contribution < 1.29 is 19.0 Å². The second kappa shape index (κ2) is 6.79. The Morgan fingerprint density at radius 1 is 1.26 bits per heavy atom. The summed E-state index contributed by atoms with van der Waals surface area (Å²) in [6.07, 6.45) is -0.623. The van der Waals surface area contributed by atoms with Gasteiger partial charge >= 0.3 is 0 Å². The third kappa shape index (κ3) is 3.87. The van der Waals surface area contributed by atoms with Crippen LogP contribution in [0.15, 0.2) is 42.5 Å². The lowest BCUT2D eigenvalue weighted by atomic mass is 10.2. The van der Waals surface area contributed by atoms with Gasteiger partial charge in [-0.05, 0) is 42.8 Å². The molecule has 2 aromatic rings. The van der Waals surface area contributed by atoms with Crippen LogP contribution >= 0.6 is 11.6 Å². The van der Waals surface area contributed by atoms with Gasteiger partial charge < -0.3 is 19.5 Å². The molecule has 0 spiro atoms. The van der Waals surface area contributed by atoms with Crippen molar-refractivity contribution in [2.45, 2.75) is 19.6 Å². The average Bonchev–Trinajstić information content (AvgIpc) is 3.00. The highest BCUT2D eigenvalue weighted by atomic mass is 35.5. The normalized spacial score (nSPS) is 13.5. The van der Waals surface area contributed by atoms with Crippen LogP contribution in [0.5, 0.6) is 17.2 Å². The van der Waals surface area contributed by atoms with Gasteiger partial charge in [-0.1, -0.05) is 23.7 Å². The molecule has 1 N–H and O–H groups in total. The van der Waals surface area contributed by atoms with Crippen LogP contribution in [0, 0.1) is 0 Å². The molecule has 120 valence electrons. The van der Waals surface area contributed by atoms with Crippen molar-refractivity contribution in [2.24, 2.45) is 0 Å². The van der Waals surface area contributed by atoms with Crippen LogP contribution < -0.4 is 19.5 Å². The highest BCUT2D eigenvalue weighted by molar-refractivity contribution is 6.30. The lowest BCUT2D eigenvalue weighted by molar-refractivity contribution is -0.127. The van der Waals surface area contributed by atoms with E-state index in [0.717, 1.165) is 11.3 Å². The van der Waals surface area contributed by atoms with Crippen LogP contribution in [0.4, 0.5) is 0 Å². The maximum Gasteiger partial charge on any atom is 0.261 e. The largest absolute Gasteiger partial charge is 0.481 e. The van der Waals surface area contributed by atoms with E-state index in [4.69, 9.17) is 25.8 Å². The third-order valence-electron chi connectivity index (χ3n) is 3.38. The Hall–Kier alpha value is -2.40. The first-order valence-corrected chi connectivity index (χ1v) is 7.58. The molecular formula is C17H16ClNO4. The highest BCUT2D eigenvalue weighted by Gasteiger charge is 2.16. The second-order valence-corrected chi connectivity index (χ2v) is 5.56. The van der Waals surface area contributed by atoms with Crippen LogP contribution in [0.2, 0.25) is 5.02 Å². The van der Waals surface area contributed by atoms with Crippen molar-refractivity contribution in [3.8, 4) is 17.2 Å². The molecule has 23 heavy (non-hydrogen) atoms. The molecule has 1 heterocycles. The molecule has 0 aliphatic carbocycles. The minimum Gasteiger partial charge on any atom is -0.481 e. The summed E-state index contributed by atoms with van der Waals surface area (Å²) in [6.45, 7) is 2.31. The Morgan fingerprint density at radius 3 is 2.91 bits per heavy atom. The monoisotopic (exact) mass is 333 g/mol. The van der Waals surface area contributed by atoms with Crippen LogP contribution in [0.3, 0.4) is 0 Å². The van der Waals surface area contributed by atoms with E-state index in [1.165, 1.54) is 0 Å². The van der Waals surface area contributed by atoms with Gasteiger partial charge in [0.25, 0.3) is 5.91 Å². The summed E-state index contributed by atoms with van der Waals surface area (Å²) in [7, 11) is 0. The van der Waals surface area contributed by atoms with E-state index in [1.807, 2.05) is 18.2 Å². The smallest absolute Gasteiger partial charge is 0.261 e. The van der Waals surface area contributed by atoms with E-state index < -0.39 is 6.10 Å². The molecular weight excluding hydrogens is 318 g/mol. The molecule has 0 radical (unpaired) electrons. The molecule has 6 heteroatoms. The van der Waals surface area contributed by atoms with E-state index >= 15 is 0 Å². The first kappa shape index (κ1) is 15.5. The molecule has 0 saturated heterocycles. The maximum absolute atomic E-state index is 12.1. The number of ether oxygens (including phenoxy) is 3. The molecule has 0 fully saturated rings. The van der Waals surface area contributed by atoms with Crippen LogP contribution in [0.1, 0.15) is 12.5 Å². The van der Waals surface area contributed by atoms with Crippen molar-refractivity contribution in [1.82, 2.24) is 5.32 Å². The number of hydrogen-bond acceptors (Lipinski definition) is 4. The van der Waals surface area contributed by atoms with Crippen molar-refractivity contribution in [3.63, 3.8) is 0 Å². The fourth-order valence-corrected chi connectivity index (χ4v) is 2.36. The summed E-state index contributed by atoms with van der Waals surface area (Å²) in [5, 5.41) is 3.40. The minimum absolute atomic E-state index is 0.206. The summed E-state index contributed by atoms with van der Waals surface area (Å²) in [4.78, 5) is 12.1. The van der Waals surface area contributed by atoms with Crippen LogP contribution in [0.25, 0.3) is 0 Å². The Kier molecular flexibility index (Phi) is 4.57. The summed E-state index contributed by atoms with van der Waals surface area (Å²) >= 11 is 5.89. The van der Waals surface area contributed by atoms with E-state index in [2.05, 4.69) is 5.32 Å². The number of carbonyl (C=O) groups excluding carboxylic acids is 1. The third-order valence-corrected chi connectivity index (χ3v) is 3.62. The predicted molar refractivity (Wildman–Crippen MR) is 86.0 cm³/mol. The number of halogens is 1. The minimum atomic E-state index is -0.623. The average molecular weight is 334 g/mol. The number of carbonyl (C=O) groups is 1. The van der Waals surface area contributed by atoms with Gasteiger partial charge in [-0.3, -0.25) is 4.79 Å². The zero-order chi connectivity index (χ0) is 16.2. The van der Waals surface area contributed by atoms with Gasteiger partial charge in [0.2, 0.25) is 6.79 Å². The summed E-state index contributed by atoms with van der Waals surface area (Å²) in [6, 6.07) is 12.5. The zero-order valence-electron chi connectivity index (χ0n) is 12.5. The van der Waals surface area contributed by atoms with Gasteiger partial charge in [0.15, 0.2) is 17.6 Å². The van der Waals surface area contributed by atoms with Gasteiger partial charge in [-0.2, -0.15) is 0 Å². The fraction of sp³-hybridized carbons (Fsp3) is 0.235. The molecule has 0 saturated carbocycles. The van der Waals surface area contributed by atoms with E-state index in [1.54, 1.807) is 31.2 Å². The van der Waals surface area contributed by atoms with E-state index in [-0.39, 0.29) is 12.7 Å². The number of rotatable bonds is 5. The van der Waals surface area contributed by atoms with Crippen molar-refractivity contribution in [1.29, 1.82) is 0 Å². The van der Waals surface area contributed by atoms with Crippen molar-refractivity contribution in [3.05, 3.63) is 53.1 Å². The number of nitrogens with one attached hydrogen (secondary N) is 1. The second-order valence-electron chi connectivity index (χ2n) is 5.12. The molecule has 0 aromatic heterocycles. The molecule has 3 rings (SSSR count). The van der Waals surface area contributed by atoms with Crippen molar-refractivity contribution >= 4 is 17.5 Å². The predicted octanol–water partition coefficient (Wildman–Crippen LogP) is 3.15.